The summed E-state index contributed by atoms with van der Waals surface area (Å²) in [5, 5.41) is 3.73. The van der Waals surface area contributed by atoms with Crippen molar-refractivity contribution >= 4 is 32.6 Å². The van der Waals surface area contributed by atoms with Crippen LogP contribution in [0.2, 0.25) is 0 Å². The number of nitrogens with zero attached hydrogens (tertiary/aromatic N) is 2. The highest BCUT2D eigenvalue weighted by atomic mass is 32.1. The minimum atomic E-state index is -0.350. The highest BCUT2D eigenvalue weighted by Crippen LogP contribution is 2.23. The Morgan fingerprint density at radius 2 is 2.00 bits per heavy atom. The van der Waals surface area contributed by atoms with Gasteiger partial charge < -0.3 is 4.98 Å². The zero-order chi connectivity index (χ0) is 18.3. The second-order valence-electron chi connectivity index (χ2n) is 6.48. The van der Waals surface area contributed by atoms with Crippen molar-refractivity contribution in [2.45, 2.75) is 39.5 Å². The van der Waals surface area contributed by atoms with E-state index in [1.54, 1.807) is 0 Å². The first-order valence-corrected chi connectivity index (χ1v) is 9.64. The number of unbranched alkanes of at least 4 members (excludes halogenated alkanes) is 2. The summed E-state index contributed by atoms with van der Waals surface area (Å²) in [5.41, 5.74) is 2.29. The minimum Gasteiger partial charge on any atom is -0.343 e. The Morgan fingerprint density at radius 1 is 1.19 bits per heavy atom. The SMILES string of the molecule is CCCCCc1c(C)[nH]c2[nH]n(-c3nc4ccccc4s3)c(=O)c2c1=O. The average molecular weight is 368 g/mol. The molecule has 0 atom stereocenters. The van der Waals surface area contributed by atoms with E-state index in [0.717, 1.165) is 35.2 Å². The van der Waals surface area contributed by atoms with E-state index in [2.05, 4.69) is 22.0 Å². The lowest BCUT2D eigenvalue weighted by molar-refractivity contribution is 0.712. The Bertz CT molecular complexity index is 1180. The van der Waals surface area contributed by atoms with Crippen molar-refractivity contribution in [3.8, 4) is 5.13 Å². The van der Waals surface area contributed by atoms with Crippen molar-refractivity contribution in [2.24, 2.45) is 0 Å². The smallest absolute Gasteiger partial charge is 0.286 e. The predicted molar refractivity (Wildman–Crippen MR) is 106 cm³/mol. The van der Waals surface area contributed by atoms with E-state index in [4.69, 9.17) is 0 Å². The number of hydrogen-bond acceptors (Lipinski definition) is 4. The van der Waals surface area contributed by atoms with Crippen LogP contribution in [0.4, 0.5) is 0 Å². The number of benzene rings is 1. The quantitative estimate of drug-likeness (QED) is 0.527. The molecule has 26 heavy (non-hydrogen) atoms. The van der Waals surface area contributed by atoms with Crippen LogP contribution in [0.1, 0.15) is 37.4 Å². The van der Waals surface area contributed by atoms with Crippen molar-refractivity contribution in [1.82, 2.24) is 19.7 Å². The fraction of sp³-hybridized carbons (Fsp3) is 0.316. The molecule has 3 aromatic heterocycles. The van der Waals surface area contributed by atoms with Crippen LogP contribution < -0.4 is 11.0 Å². The Labute approximate surface area is 153 Å². The zero-order valence-corrected chi connectivity index (χ0v) is 15.6. The number of hydrogen-bond donors (Lipinski definition) is 2. The van der Waals surface area contributed by atoms with Gasteiger partial charge in [0.15, 0.2) is 5.43 Å². The van der Waals surface area contributed by atoms with E-state index in [1.807, 2.05) is 31.2 Å². The maximum atomic E-state index is 12.9. The molecule has 0 radical (unpaired) electrons. The van der Waals surface area contributed by atoms with Crippen molar-refractivity contribution in [1.29, 1.82) is 0 Å². The molecule has 4 aromatic rings. The van der Waals surface area contributed by atoms with Gasteiger partial charge in [0.2, 0.25) is 5.13 Å². The second-order valence-corrected chi connectivity index (χ2v) is 7.49. The summed E-state index contributed by atoms with van der Waals surface area (Å²) in [5.74, 6) is 0. The monoisotopic (exact) mass is 368 g/mol. The summed E-state index contributed by atoms with van der Waals surface area (Å²) < 4.78 is 2.36. The number of fused-ring (bicyclic) bond motifs is 2. The Morgan fingerprint density at radius 3 is 2.77 bits per heavy atom. The van der Waals surface area contributed by atoms with Crippen LogP contribution in [-0.4, -0.2) is 19.7 Å². The van der Waals surface area contributed by atoms with Gasteiger partial charge in [-0.3, -0.25) is 14.7 Å². The summed E-state index contributed by atoms with van der Waals surface area (Å²) in [4.78, 5) is 33.5. The molecule has 2 N–H and O–H groups in total. The number of thiazole rings is 1. The average Bonchev–Trinajstić information content (AvgIpc) is 3.18. The summed E-state index contributed by atoms with van der Waals surface area (Å²) >= 11 is 1.42. The van der Waals surface area contributed by atoms with Gasteiger partial charge in [-0.1, -0.05) is 43.2 Å². The van der Waals surface area contributed by atoms with Gasteiger partial charge in [0.05, 0.1) is 10.2 Å². The van der Waals surface area contributed by atoms with Gasteiger partial charge in [-0.25, -0.2) is 4.98 Å². The molecule has 1 aromatic carbocycles. The first-order valence-electron chi connectivity index (χ1n) is 8.82. The van der Waals surface area contributed by atoms with Gasteiger partial charge in [0.1, 0.15) is 11.0 Å². The van der Waals surface area contributed by atoms with E-state index >= 15 is 0 Å². The fourth-order valence-electron chi connectivity index (χ4n) is 3.27. The number of nitrogens with one attached hydrogen (secondary N) is 2. The fourth-order valence-corrected chi connectivity index (χ4v) is 4.19. The van der Waals surface area contributed by atoms with Crippen LogP contribution in [0.25, 0.3) is 26.4 Å². The van der Waals surface area contributed by atoms with Crippen molar-refractivity contribution in [3.05, 3.63) is 56.1 Å². The molecule has 0 fully saturated rings. The summed E-state index contributed by atoms with van der Waals surface area (Å²) in [6, 6.07) is 7.72. The van der Waals surface area contributed by atoms with Crippen molar-refractivity contribution in [2.75, 3.05) is 0 Å². The van der Waals surface area contributed by atoms with Gasteiger partial charge in [0, 0.05) is 11.3 Å². The molecule has 0 aliphatic rings. The summed E-state index contributed by atoms with van der Waals surface area (Å²) in [6.07, 6.45) is 3.80. The van der Waals surface area contributed by atoms with E-state index < -0.39 is 0 Å². The molecule has 3 heterocycles. The van der Waals surface area contributed by atoms with Crippen molar-refractivity contribution in [3.63, 3.8) is 0 Å². The molecular formula is C19H20N4O2S. The number of H-pyrrole nitrogens is 2. The van der Waals surface area contributed by atoms with E-state index in [-0.39, 0.29) is 16.4 Å². The maximum Gasteiger partial charge on any atom is 0.286 e. The Kier molecular flexibility index (Phi) is 4.24. The summed E-state index contributed by atoms with van der Waals surface area (Å²) in [6.45, 7) is 4.01. The van der Waals surface area contributed by atoms with Gasteiger partial charge in [-0.15, -0.1) is 0 Å². The Balaban J connectivity index is 1.88. The molecule has 134 valence electrons. The molecule has 0 saturated heterocycles. The van der Waals surface area contributed by atoms with Crippen molar-refractivity contribution < 1.29 is 0 Å². The number of aromatic amines is 2. The molecule has 0 saturated carbocycles. The van der Waals surface area contributed by atoms with Crippen LogP contribution in [0.3, 0.4) is 0 Å². The molecule has 0 aliphatic carbocycles. The molecule has 0 unspecified atom stereocenters. The van der Waals surface area contributed by atoms with E-state index in [0.29, 0.717) is 22.8 Å². The van der Waals surface area contributed by atoms with Crippen LogP contribution >= 0.6 is 11.3 Å². The number of para-hydroxylation sites is 1. The maximum absolute atomic E-state index is 12.9. The number of rotatable bonds is 5. The molecule has 0 spiro atoms. The van der Waals surface area contributed by atoms with Gasteiger partial charge in [-0.05, 0) is 31.9 Å². The first kappa shape index (κ1) is 16.8. The lowest BCUT2D eigenvalue weighted by atomic mass is 10.0. The van der Waals surface area contributed by atoms with Gasteiger partial charge >= 0.3 is 0 Å². The van der Waals surface area contributed by atoms with Gasteiger partial charge in [-0.2, -0.15) is 4.68 Å². The number of aromatic nitrogens is 4. The topological polar surface area (TPSA) is 83.5 Å². The molecule has 0 aliphatic heterocycles. The van der Waals surface area contributed by atoms with Gasteiger partial charge in [0.25, 0.3) is 5.56 Å². The highest BCUT2D eigenvalue weighted by Gasteiger charge is 2.18. The number of aryl methyl sites for hydroxylation is 1. The second kappa shape index (κ2) is 6.57. The lowest BCUT2D eigenvalue weighted by Crippen LogP contribution is -2.21. The normalized spacial score (nSPS) is 11.6. The van der Waals surface area contributed by atoms with Crippen LogP contribution in [0, 0.1) is 6.92 Å². The molecule has 4 rings (SSSR count). The third-order valence-electron chi connectivity index (χ3n) is 4.66. The number of pyridine rings is 1. The van der Waals surface area contributed by atoms with Crippen LogP contribution in [-0.2, 0) is 6.42 Å². The van der Waals surface area contributed by atoms with E-state index in [1.165, 1.54) is 16.0 Å². The third kappa shape index (κ3) is 2.68. The molecule has 0 amide bonds. The largest absolute Gasteiger partial charge is 0.343 e. The van der Waals surface area contributed by atoms with E-state index in [9.17, 15) is 9.59 Å². The highest BCUT2D eigenvalue weighted by molar-refractivity contribution is 7.20. The molecule has 7 heteroatoms. The standard InChI is InChI=1S/C19H20N4O2S/c1-3-4-5-8-12-11(2)20-17-15(16(12)24)18(25)23(22-17)19-21-13-9-6-7-10-14(13)26-19/h6-7,9-10H,3-5,8H2,1-2H3,(H2,20,22,24). The first-order chi connectivity index (χ1) is 12.6. The molecule has 6 nitrogen and oxygen atoms in total. The zero-order valence-electron chi connectivity index (χ0n) is 14.8. The minimum absolute atomic E-state index is 0.173. The third-order valence-corrected chi connectivity index (χ3v) is 5.68. The predicted octanol–water partition coefficient (Wildman–Crippen LogP) is 3.66. The molecular weight excluding hydrogens is 348 g/mol. The molecule has 0 bridgehead atoms. The lowest BCUT2D eigenvalue weighted by Gasteiger charge is -2.04. The summed E-state index contributed by atoms with van der Waals surface area (Å²) in [7, 11) is 0. The van der Waals surface area contributed by atoms with Crippen LogP contribution in [0.5, 0.6) is 0 Å². The Hall–Kier alpha value is -2.67. The van der Waals surface area contributed by atoms with Crippen LogP contribution in [0.15, 0.2) is 33.9 Å².